The van der Waals surface area contributed by atoms with Crippen molar-refractivity contribution in [2.45, 2.75) is 52.4 Å². The summed E-state index contributed by atoms with van der Waals surface area (Å²) in [5, 5.41) is 0. The molecule has 22 heavy (non-hydrogen) atoms. The second-order valence-corrected chi connectivity index (χ2v) is 5.96. The molecule has 0 aliphatic carbocycles. The fourth-order valence-electron chi connectivity index (χ4n) is 1.75. The lowest BCUT2D eigenvalue weighted by Crippen LogP contribution is -2.35. The number of hydrogen-bond acceptors (Lipinski definition) is 5. The summed E-state index contributed by atoms with van der Waals surface area (Å²) in [6, 6.07) is 9.71. The molecule has 0 radical (unpaired) electrons. The van der Waals surface area contributed by atoms with Crippen molar-refractivity contribution in [1.82, 2.24) is 0 Å². The molecule has 0 heterocycles. The van der Waals surface area contributed by atoms with Crippen molar-refractivity contribution in [2.75, 3.05) is 6.61 Å². The maximum absolute atomic E-state index is 12.0. The maximum atomic E-state index is 12.0. The van der Waals surface area contributed by atoms with Crippen LogP contribution in [0.2, 0.25) is 0 Å². The monoisotopic (exact) mass is 308 g/mol. The van der Waals surface area contributed by atoms with Crippen LogP contribution in [0.4, 0.5) is 0 Å². The Balaban J connectivity index is 2.44. The Kier molecular flexibility index (Phi) is 7.05. The van der Waals surface area contributed by atoms with Crippen molar-refractivity contribution in [1.29, 1.82) is 0 Å². The lowest BCUT2D eigenvalue weighted by atomic mass is 10.2. The molecule has 0 aliphatic heterocycles. The van der Waals surface area contributed by atoms with E-state index in [9.17, 15) is 9.59 Å². The maximum Gasteiger partial charge on any atom is 0.348 e. The lowest BCUT2D eigenvalue weighted by Gasteiger charge is -2.23. The molecule has 1 atom stereocenters. The van der Waals surface area contributed by atoms with Crippen LogP contribution in [0.5, 0.6) is 0 Å². The van der Waals surface area contributed by atoms with E-state index in [1.807, 2.05) is 30.3 Å². The van der Waals surface area contributed by atoms with E-state index in [0.717, 1.165) is 5.56 Å². The molecule has 0 amide bonds. The van der Waals surface area contributed by atoms with Gasteiger partial charge in [0.15, 0.2) is 0 Å². The summed E-state index contributed by atoms with van der Waals surface area (Å²) in [5.74, 6) is -1.06. The fourth-order valence-corrected chi connectivity index (χ4v) is 1.75. The molecule has 1 aromatic rings. The van der Waals surface area contributed by atoms with Crippen molar-refractivity contribution >= 4 is 11.9 Å². The molecule has 122 valence electrons. The average Bonchev–Trinajstić information content (AvgIpc) is 2.41. The number of benzene rings is 1. The Hall–Kier alpha value is -1.88. The van der Waals surface area contributed by atoms with E-state index in [2.05, 4.69) is 0 Å². The summed E-state index contributed by atoms with van der Waals surface area (Å²) < 4.78 is 15.8. The number of ether oxygens (including phenoxy) is 3. The molecule has 0 saturated carbocycles. The largest absolute Gasteiger partial charge is 0.457 e. The summed E-state index contributed by atoms with van der Waals surface area (Å²) in [5.41, 5.74) is 0.421. The third-order valence-corrected chi connectivity index (χ3v) is 2.61. The van der Waals surface area contributed by atoms with Gasteiger partial charge in [-0.1, -0.05) is 30.3 Å². The minimum atomic E-state index is -0.938. The summed E-state index contributed by atoms with van der Waals surface area (Å²) >= 11 is 0. The summed E-state index contributed by atoms with van der Waals surface area (Å²) in [6.07, 6.45) is -0.672. The van der Waals surface area contributed by atoms with Crippen LogP contribution in [0, 0.1) is 0 Å². The van der Waals surface area contributed by atoms with E-state index in [4.69, 9.17) is 14.2 Å². The third-order valence-electron chi connectivity index (χ3n) is 2.61. The Morgan fingerprint density at radius 2 is 1.77 bits per heavy atom. The van der Waals surface area contributed by atoms with E-state index in [-0.39, 0.29) is 6.42 Å². The Labute approximate surface area is 131 Å². The van der Waals surface area contributed by atoms with Gasteiger partial charge in [0, 0.05) is 13.3 Å². The molecular formula is C17H24O5. The molecule has 1 rings (SSSR count). The summed E-state index contributed by atoms with van der Waals surface area (Å²) in [4.78, 5) is 23.1. The van der Waals surface area contributed by atoms with Gasteiger partial charge >= 0.3 is 11.9 Å². The van der Waals surface area contributed by atoms with Gasteiger partial charge in [0.1, 0.15) is 5.60 Å². The van der Waals surface area contributed by atoms with Crippen LogP contribution in [0.15, 0.2) is 30.3 Å². The van der Waals surface area contributed by atoms with E-state index >= 15 is 0 Å². The third kappa shape index (κ3) is 7.78. The normalized spacial score (nSPS) is 12.5. The van der Waals surface area contributed by atoms with Crippen molar-refractivity contribution in [3.8, 4) is 0 Å². The summed E-state index contributed by atoms with van der Waals surface area (Å²) in [7, 11) is 0. The van der Waals surface area contributed by atoms with Gasteiger partial charge in [-0.2, -0.15) is 0 Å². The highest BCUT2D eigenvalue weighted by atomic mass is 16.6. The zero-order valence-corrected chi connectivity index (χ0v) is 13.6. The zero-order valence-electron chi connectivity index (χ0n) is 13.6. The number of rotatable bonds is 7. The Bertz CT molecular complexity index is 476. The molecule has 0 spiro atoms. The number of esters is 2. The van der Waals surface area contributed by atoms with Crippen LogP contribution >= 0.6 is 0 Å². The van der Waals surface area contributed by atoms with Gasteiger partial charge in [0.05, 0.1) is 13.2 Å². The molecule has 0 aromatic heterocycles. The smallest absolute Gasteiger partial charge is 0.348 e. The highest BCUT2D eigenvalue weighted by Gasteiger charge is 2.27. The van der Waals surface area contributed by atoms with Crippen LogP contribution in [0.3, 0.4) is 0 Å². The van der Waals surface area contributed by atoms with Crippen LogP contribution in [-0.2, 0) is 30.4 Å². The van der Waals surface area contributed by atoms with E-state index in [0.29, 0.717) is 13.2 Å². The molecule has 5 nitrogen and oxygen atoms in total. The van der Waals surface area contributed by atoms with Crippen LogP contribution in [-0.4, -0.2) is 30.3 Å². The number of carbonyl (C=O) groups excluding carboxylic acids is 2. The topological polar surface area (TPSA) is 61.8 Å². The molecule has 0 aliphatic rings. The number of hydrogen-bond donors (Lipinski definition) is 0. The Morgan fingerprint density at radius 3 is 2.32 bits per heavy atom. The quantitative estimate of drug-likeness (QED) is 0.572. The Morgan fingerprint density at radius 1 is 1.14 bits per heavy atom. The van der Waals surface area contributed by atoms with Crippen LogP contribution in [0.1, 0.15) is 39.7 Å². The van der Waals surface area contributed by atoms with Crippen LogP contribution < -0.4 is 0 Å². The predicted octanol–water partition coefficient (Wildman–Crippen LogP) is 2.87. The molecule has 0 fully saturated rings. The second-order valence-electron chi connectivity index (χ2n) is 5.96. The average molecular weight is 308 g/mol. The molecule has 0 N–H and O–H groups in total. The van der Waals surface area contributed by atoms with Crippen molar-refractivity contribution in [3.63, 3.8) is 0 Å². The first-order chi connectivity index (χ1) is 10.3. The SMILES string of the molecule is CC(=O)OC(CCOCc1ccccc1)C(=O)OC(C)(C)C. The lowest BCUT2D eigenvalue weighted by molar-refractivity contribution is -0.176. The van der Waals surface area contributed by atoms with E-state index in [1.165, 1.54) is 6.92 Å². The summed E-state index contributed by atoms with van der Waals surface area (Å²) in [6.45, 7) is 7.31. The highest BCUT2D eigenvalue weighted by Crippen LogP contribution is 2.12. The second kappa shape index (κ2) is 8.54. The first-order valence-electron chi connectivity index (χ1n) is 7.29. The van der Waals surface area contributed by atoms with Crippen molar-refractivity contribution in [3.05, 3.63) is 35.9 Å². The minimum absolute atomic E-state index is 0.265. The van der Waals surface area contributed by atoms with Gasteiger partial charge in [-0.05, 0) is 26.3 Å². The minimum Gasteiger partial charge on any atom is -0.457 e. The van der Waals surface area contributed by atoms with Gasteiger partial charge in [-0.3, -0.25) is 4.79 Å². The van der Waals surface area contributed by atoms with E-state index in [1.54, 1.807) is 20.8 Å². The van der Waals surface area contributed by atoms with Crippen molar-refractivity contribution < 1.29 is 23.8 Å². The fraction of sp³-hybridized carbons (Fsp3) is 0.529. The zero-order chi connectivity index (χ0) is 16.6. The van der Waals surface area contributed by atoms with E-state index < -0.39 is 23.6 Å². The van der Waals surface area contributed by atoms with Gasteiger partial charge in [-0.25, -0.2) is 4.79 Å². The molecule has 0 saturated heterocycles. The first-order valence-corrected chi connectivity index (χ1v) is 7.29. The van der Waals surface area contributed by atoms with Crippen molar-refractivity contribution in [2.24, 2.45) is 0 Å². The molecule has 1 aromatic carbocycles. The number of carbonyl (C=O) groups is 2. The predicted molar refractivity (Wildman–Crippen MR) is 82.1 cm³/mol. The highest BCUT2D eigenvalue weighted by molar-refractivity contribution is 5.78. The molecular weight excluding hydrogens is 284 g/mol. The first kappa shape index (κ1) is 18.2. The molecule has 1 unspecified atom stereocenters. The molecule has 5 heteroatoms. The van der Waals surface area contributed by atoms with Gasteiger partial charge in [0.25, 0.3) is 0 Å². The van der Waals surface area contributed by atoms with Crippen LogP contribution in [0.25, 0.3) is 0 Å². The van der Waals surface area contributed by atoms with Gasteiger partial charge in [0.2, 0.25) is 6.10 Å². The standard InChI is InChI=1S/C17H24O5/c1-13(18)21-15(16(19)22-17(2,3)4)10-11-20-12-14-8-6-5-7-9-14/h5-9,15H,10-12H2,1-4H3. The molecule has 0 bridgehead atoms. The van der Waals surface area contributed by atoms with Gasteiger partial charge in [-0.15, -0.1) is 0 Å². The van der Waals surface area contributed by atoms with Gasteiger partial charge < -0.3 is 14.2 Å².